The van der Waals surface area contributed by atoms with E-state index in [9.17, 15) is 9.18 Å². The molecule has 0 saturated carbocycles. The lowest BCUT2D eigenvalue weighted by Crippen LogP contribution is -2.23. The third kappa shape index (κ3) is 4.25. The van der Waals surface area contributed by atoms with Gasteiger partial charge in [0.15, 0.2) is 11.6 Å². The van der Waals surface area contributed by atoms with Crippen molar-refractivity contribution in [1.82, 2.24) is 10.2 Å². The van der Waals surface area contributed by atoms with Crippen LogP contribution in [0.1, 0.15) is 19.4 Å². The first-order chi connectivity index (χ1) is 10.6. The van der Waals surface area contributed by atoms with Crippen molar-refractivity contribution in [3.63, 3.8) is 0 Å². The number of nitrogens with zero attached hydrogens (tertiary/aromatic N) is 3. The molecule has 0 atom stereocenters. The van der Waals surface area contributed by atoms with Crippen molar-refractivity contribution in [3.8, 4) is 0 Å². The lowest BCUT2D eigenvalue weighted by atomic mass is 10.1. The topological polar surface area (TPSA) is 58.1 Å². The van der Waals surface area contributed by atoms with Crippen LogP contribution >= 0.6 is 0 Å². The quantitative estimate of drug-likeness (QED) is 0.891. The van der Waals surface area contributed by atoms with E-state index in [-0.39, 0.29) is 18.1 Å². The minimum atomic E-state index is -0.353. The zero-order valence-electron chi connectivity index (χ0n) is 12.7. The Morgan fingerprint density at radius 1 is 1.18 bits per heavy atom. The molecular weight excluding hydrogens is 283 g/mol. The first-order valence-corrected chi connectivity index (χ1v) is 7.25. The van der Waals surface area contributed by atoms with Crippen LogP contribution in [-0.2, 0) is 11.2 Å². The second-order valence-corrected chi connectivity index (χ2v) is 4.80. The molecule has 0 spiro atoms. The normalized spacial score (nSPS) is 10.3. The molecule has 1 amide bonds. The summed E-state index contributed by atoms with van der Waals surface area (Å²) in [4.78, 5) is 14.0. The van der Waals surface area contributed by atoms with E-state index in [1.165, 1.54) is 12.1 Å². The summed E-state index contributed by atoms with van der Waals surface area (Å²) in [5, 5.41) is 10.8. The maximum atomic E-state index is 13.1. The zero-order valence-corrected chi connectivity index (χ0v) is 12.7. The molecule has 1 aromatic carbocycles. The summed E-state index contributed by atoms with van der Waals surface area (Å²) in [7, 11) is 0. The predicted molar refractivity (Wildman–Crippen MR) is 84.3 cm³/mol. The Hall–Kier alpha value is -2.50. The largest absolute Gasteiger partial charge is 0.356 e. The number of carbonyl (C=O) groups excluding carboxylic acids is 1. The molecule has 2 aromatic rings. The van der Waals surface area contributed by atoms with Gasteiger partial charge in [-0.2, -0.15) is 0 Å². The molecule has 1 aromatic heterocycles. The Morgan fingerprint density at radius 2 is 1.95 bits per heavy atom. The summed E-state index contributed by atoms with van der Waals surface area (Å²) in [6, 6.07) is 9.50. The number of carbonyl (C=O) groups is 1. The summed E-state index contributed by atoms with van der Waals surface area (Å²) in [6.45, 7) is 5.77. The van der Waals surface area contributed by atoms with Crippen LogP contribution in [0.2, 0.25) is 0 Å². The molecule has 0 aliphatic rings. The Labute approximate surface area is 129 Å². The number of nitrogens with one attached hydrogen (secondary N) is 1. The average molecular weight is 302 g/mol. The second kappa shape index (κ2) is 7.49. The van der Waals surface area contributed by atoms with E-state index < -0.39 is 0 Å². The molecule has 1 N–H and O–H groups in total. The van der Waals surface area contributed by atoms with Crippen LogP contribution in [0, 0.1) is 5.82 Å². The Kier molecular flexibility index (Phi) is 5.41. The number of benzene rings is 1. The van der Waals surface area contributed by atoms with E-state index >= 15 is 0 Å². The summed E-state index contributed by atoms with van der Waals surface area (Å²) < 4.78 is 13.1. The van der Waals surface area contributed by atoms with Crippen LogP contribution in [0.5, 0.6) is 0 Å². The van der Waals surface area contributed by atoms with Crippen LogP contribution in [-0.4, -0.2) is 29.2 Å². The van der Waals surface area contributed by atoms with Crippen molar-refractivity contribution in [2.75, 3.05) is 23.3 Å². The monoisotopic (exact) mass is 302 g/mol. The lowest BCUT2D eigenvalue weighted by molar-refractivity contribution is -0.115. The molecule has 0 aliphatic carbocycles. The van der Waals surface area contributed by atoms with Crippen LogP contribution in [0.15, 0.2) is 36.4 Å². The molecule has 6 heteroatoms. The van der Waals surface area contributed by atoms with Crippen molar-refractivity contribution >= 4 is 17.5 Å². The van der Waals surface area contributed by atoms with Crippen LogP contribution in [0.25, 0.3) is 0 Å². The highest BCUT2D eigenvalue weighted by Gasteiger charge is 2.08. The fraction of sp³-hybridized carbons (Fsp3) is 0.312. The van der Waals surface area contributed by atoms with Gasteiger partial charge in [0, 0.05) is 13.1 Å². The summed E-state index contributed by atoms with van der Waals surface area (Å²) >= 11 is 0. The smallest absolute Gasteiger partial charge is 0.229 e. The predicted octanol–water partition coefficient (Wildman–Crippen LogP) is 2.64. The molecule has 1 heterocycles. The number of anilines is 2. The van der Waals surface area contributed by atoms with E-state index in [0.29, 0.717) is 11.4 Å². The van der Waals surface area contributed by atoms with E-state index in [1.54, 1.807) is 18.2 Å². The van der Waals surface area contributed by atoms with Crippen LogP contribution < -0.4 is 10.2 Å². The van der Waals surface area contributed by atoms with Crippen LogP contribution in [0.4, 0.5) is 16.0 Å². The third-order valence-corrected chi connectivity index (χ3v) is 3.26. The molecule has 0 radical (unpaired) electrons. The first-order valence-electron chi connectivity index (χ1n) is 7.25. The van der Waals surface area contributed by atoms with E-state index in [0.717, 1.165) is 18.9 Å². The standard InChI is InChI=1S/C16H19FN4O/c1-3-21(4-2)15-9-8-14(19-20-15)18-16(22)11-12-6-5-7-13(17)10-12/h5-10H,3-4,11H2,1-2H3,(H,18,19,22). The summed E-state index contributed by atoms with van der Waals surface area (Å²) in [6.07, 6.45) is 0.0945. The number of aromatic nitrogens is 2. The Bertz CT molecular complexity index is 626. The highest BCUT2D eigenvalue weighted by Crippen LogP contribution is 2.12. The van der Waals surface area contributed by atoms with Gasteiger partial charge in [-0.3, -0.25) is 4.79 Å². The molecule has 0 bridgehead atoms. The fourth-order valence-electron chi connectivity index (χ4n) is 2.13. The third-order valence-electron chi connectivity index (χ3n) is 3.26. The summed E-state index contributed by atoms with van der Waals surface area (Å²) in [5.74, 6) is 0.551. The van der Waals surface area contributed by atoms with Gasteiger partial charge < -0.3 is 10.2 Å². The van der Waals surface area contributed by atoms with Gasteiger partial charge in [0.1, 0.15) is 5.82 Å². The molecule has 2 rings (SSSR count). The molecular formula is C16H19FN4O. The van der Waals surface area contributed by atoms with Crippen molar-refractivity contribution in [1.29, 1.82) is 0 Å². The van der Waals surface area contributed by atoms with Gasteiger partial charge in [0.2, 0.25) is 5.91 Å². The minimum absolute atomic E-state index is 0.0945. The van der Waals surface area contributed by atoms with E-state index in [1.807, 2.05) is 19.9 Å². The number of amides is 1. The Morgan fingerprint density at radius 3 is 2.55 bits per heavy atom. The average Bonchev–Trinajstić information content (AvgIpc) is 2.50. The minimum Gasteiger partial charge on any atom is -0.356 e. The van der Waals surface area contributed by atoms with Gasteiger partial charge in [-0.15, -0.1) is 10.2 Å². The maximum Gasteiger partial charge on any atom is 0.229 e. The van der Waals surface area contributed by atoms with Crippen molar-refractivity contribution in [3.05, 3.63) is 47.8 Å². The van der Waals surface area contributed by atoms with Crippen LogP contribution in [0.3, 0.4) is 0 Å². The summed E-state index contributed by atoms with van der Waals surface area (Å²) in [5.41, 5.74) is 0.616. The zero-order chi connectivity index (χ0) is 15.9. The molecule has 22 heavy (non-hydrogen) atoms. The highest BCUT2D eigenvalue weighted by atomic mass is 19.1. The molecule has 5 nitrogen and oxygen atoms in total. The number of hydrogen-bond acceptors (Lipinski definition) is 4. The van der Waals surface area contributed by atoms with Gasteiger partial charge in [-0.1, -0.05) is 12.1 Å². The number of rotatable bonds is 6. The van der Waals surface area contributed by atoms with Crippen molar-refractivity contribution in [2.24, 2.45) is 0 Å². The van der Waals surface area contributed by atoms with E-state index in [4.69, 9.17) is 0 Å². The van der Waals surface area contributed by atoms with Crippen molar-refractivity contribution < 1.29 is 9.18 Å². The fourth-order valence-corrected chi connectivity index (χ4v) is 2.13. The first kappa shape index (κ1) is 15.9. The van der Waals surface area contributed by atoms with E-state index in [2.05, 4.69) is 20.4 Å². The maximum absolute atomic E-state index is 13.1. The van der Waals surface area contributed by atoms with Gasteiger partial charge in [-0.05, 0) is 43.7 Å². The lowest BCUT2D eigenvalue weighted by Gasteiger charge is -2.18. The molecule has 0 aliphatic heterocycles. The SMILES string of the molecule is CCN(CC)c1ccc(NC(=O)Cc2cccc(F)c2)nn1. The molecule has 0 saturated heterocycles. The van der Waals surface area contributed by atoms with Crippen molar-refractivity contribution in [2.45, 2.75) is 20.3 Å². The molecule has 0 unspecified atom stereocenters. The van der Waals surface area contributed by atoms with Gasteiger partial charge in [0.05, 0.1) is 6.42 Å². The van der Waals surface area contributed by atoms with Gasteiger partial charge in [0.25, 0.3) is 0 Å². The van der Waals surface area contributed by atoms with Gasteiger partial charge in [-0.25, -0.2) is 4.39 Å². The second-order valence-electron chi connectivity index (χ2n) is 4.80. The molecule has 0 fully saturated rings. The highest BCUT2D eigenvalue weighted by molar-refractivity contribution is 5.91. The number of halogens is 1. The Balaban J connectivity index is 1.97. The molecule has 116 valence electrons. The van der Waals surface area contributed by atoms with Gasteiger partial charge >= 0.3 is 0 Å². The number of hydrogen-bond donors (Lipinski definition) is 1.